The molecule has 0 saturated carbocycles. The highest BCUT2D eigenvalue weighted by Crippen LogP contribution is 2.01. The van der Waals surface area contributed by atoms with Crippen LogP contribution in [0.1, 0.15) is 39.5 Å². The smallest absolute Gasteiger partial charge is 0.161 e. The molecule has 78 valence electrons. The van der Waals surface area contributed by atoms with Crippen molar-refractivity contribution in [1.29, 1.82) is 0 Å². The van der Waals surface area contributed by atoms with Gasteiger partial charge >= 0.3 is 0 Å². The van der Waals surface area contributed by atoms with Crippen LogP contribution in [0.3, 0.4) is 0 Å². The summed E-state index contributed by atoms with van der Waals surface area (Å²) in [6.07, 6.45) is 5.39. The molecule has 1 fully saturated rings. The fraction of sp³-hybridized carbons (Fsp3) is 1.00. The molecule has 3 nitrogen and oxygen atoms in total. The average molecular weight is 194 g/mol. The highest BCUT2D eigenvalue weighted by Gasteiger charge is 1.96. The van der Waals surface area contributed by atoms with Crippen molar-refractivity contribution in [3.05, 3.63) is 0 Å². The van der Waals surface area contributed by atoms with Gasteiger partial charge in [-0.1, -0.05) is 33.1 Å². The van der Waals surface area contributed by atoms with Crippen LogP contribution in [0.5, 0.6) is 0 Å². The molecule has 1 saturated heterocycles. The minimum Gasteiger partial charge on any atom is -0.424 e. The molecule has 0 spiro atoms. The van der Waals surface area contributed by atoms with Gasteiger partial charge in [-0.15, -0.1) is 0 Å². The lowest BCUT2D eigenvalue weighted by atomic mass is 10.4. The predicted molar refractivity (Wildman–Crippen MR) is 59.2 cm³/mol. The largest absolute Gasteiger partial charge is 0.424 e. The van der Waals surface area contributed by atoms with Crippen molar-refractivity contribution >= 4 is 9.76 Å². The first kappa shape index (κ1) is 18.0. The molecule has 4 heteroatoms. The Morgan fingerprint density at radius 3 is 1.75 bits per heavy atom. The lowest BCUT2D eigenvalue weighted by molar-refractivity contribution is 0.304. The van der Waals surface area contributed by atoms with Crippen molar-refractivity contribution < 1.29 is 4.43 Å². The van der Waals surface area contributed by atoms with Crippen LogP contribution in [-0.2, 0) is 4.43 Å². The molecule has 1 heterocycles. The summed E-state index contributed by atoms with van der Waals surface area (Å²) in [5.74, 6) is 0. The van der Waals surface area contributed by atoms with E-state index in [1.807, 2.05) is 0 Å². The van der Waals surface area contributed by atoms with Gasteiger partial charge in [0.25, 0.3) is 0 Å². The highest BCUT2D eigenvalue weighted by molar-refractivity contribution is 6.27. The molecule has 12 heavy (non-hydrogen) atoms. The Kier molecular flexibility index (Phi) is 25.9. The van der Waals surface area contributed by atoms with Crippen molar-refractivity contribution in [2.75, 3.05) is 6.61 Å². The molecule has 0 aromatic heterocycles. The van der Waals surface area contributed by atoms with E-state index in [9.17, 15) is 0 Å². The van der Waals surface area contributed by atoms with Gasteiger partial charge in [0.1, 0.15) is 0 Å². The molecule has 0 atom stereocenters. The average Bonchev–Trinajstić information content (AvgIpc) is 2.08. The quantitative estimate of drug-likeness (QED) is 0.629. The van der Waals surface area contributed by atoms with Crippen molar-refractivity contribution in [2.24, 2.45) is 0 Å². The summed E-state index contributed by atoms with van der Waals surface area (Å²) in [6.45, 7) is 5.42. The molecular weight excluding hydrogens is 168 g/mol. The SMILES string of the molecule is C1CC[SiH2]OC1.CCCC.N.N. The summed E-state index contributed by atoms with van der Waals surface area (Å²) in [6, 6.07) is 1.42. The topological polar surface area (TPSA) is 79.2 Å². The maximum absolute atomic E-state index is 5.21. The minimum atomic E-state index is 0. The van der Waals surface area contributed by atoms with Gasteiger partial charge in [-0.25, -0.2) is 0 Å². The van der Waals surface area contributed by atoms with Crippen molar-refractivity contribution in [2.45, 2.75) is 45.6 Å². The first-order chi connectivity index (χ1) is 4.91. The Bertz CT molecular complexity index is 47.5. The van der Waals surface area contributed by atoms with Crippen LogP contribution in [0.15, 0.2) is 0 Å². The maximum Gasteiger partial charge on any atom is 0.161 e. The van der Waals surface area contributed by atoms with E-state index >= 15 is 0 Å². The normalized spacial score (nSPS) is 16.5. The molecule has 6 N–H and O–H groups in total. The molecular formula is C8H26N2OSi. The molecule has 0 amide bonds. The second-order valence-electron chi connectivity index (χ2n) is 2.67. The third-order valence-electron chi connectivity index (χ3n) is 1.58. The highest BCUT2D eigenvalue weighted by atomic mass is 28.2. The van der Waals surface area contributed by atoms with Crippen molar-refractivity contribution in [1.82, 2.24) is 12.3 Å². The van der Waals surface area contributed by atoms with Crippen LogP contribution in [0, 0.1) is 0 Å². The summed E-state index contributed by atoms with van der Waals surface area (Å²) in [4.78, 5) is 0. The van der Waals surface area contributed by atoms with Gasteiger partial charge in [-0.2, -0.15) is 0 Å². The number of rotatable bonds is 1. The van der Waals surface area contributed by atoms with Gasteiger partial charge in [0, 0.05) is 6.61 Å². The molecule has 0 aromatic rings. The molecule has 1 aliphatic rings. The van der Waals surface area contributed by atoms with E-state index in [2.05, 4.69) is 13.8 Å². The van der Waals surface area contributed by atoms with Crippen LogP contribution in [-0.4, -0.2) is 16.4 Å². The van der Waals surface area contributed by atoms with Crippen LogP contribution >= 0.6 is 0 Å². The van der Waals surface area contributed by atoms with Gasteiger partial charge in [0.2, 0.25) is 0 Å². The van der Waals surface area contributed by atoms with Gasteiger partial charge in [-0.05, 0) is 12.5 Å². The second kappa shape index (κ2) is 17.3. The summed E-state index contributed by atoms with van der Waals surface area (Å²) >= 11 is 0. The standard InChI is InChI=1S/C4H10OSi.C4H10.2H3N/c1-2-4-6-5-3-1;1-3-4-2;;/h1-4,6H2;3-4H2,1-2H3;2*1H3. The third kappa shape index (κ3) is 16.6. The first-order valence-corrected chi connectivity index (χ1v) is 6.07. The van der Waals surface area contributed by atoms with Crippen LogP contribution in [0.4, 0.5) is 0 Å². The zero-order valence-electron chi connectivity index (χ0n) is 8.77. The van der Waals surface area contributed by atoms with E-state index in [4.69, 9.17) is 4.43 Å². The van der Waals surface area contributed by atoms with Gasteiger partial charge in [0.15, 0.2) is 9.76 Å². The Hall–Kier alpha value is 0.0969. The Balaban J connectivity index is -0.000000124. The molecule has 0 radical (unpaired) electrons. The first-order valence-electron chi connectivity index (χ1n) is 4.49. The molecule has 1 rings (SSSR count). The third-order valence-corrected chi connectivity index (χ3v) is 2.94. The fourth-order valence-corrected chi connectivity index (χ4v) is 1.86. The van der Waals surface area contributed by atoms with Crippen molar-refractivity contribution in [3.8, 4) is 0 Å². The van der Waals surface area contributed by atoms with E-state index in [0.29, 0.717) is 0 Å². The number of unbranched alkanes of at least 4 members (excludes halogenated alkanes) is 1. The predicted octanol–water partition coefficient (Wildman–Crippen LogP) is 2.43. The second-order valence-corrected chi connectivity index (χ2v) is 4.20. The monoisotopic (exact) mass is 194 g/mol. The molecule has 0 bridgehead atoms. The summed E-state index contributed by atoms with van der Waals surface area (Å²) in [7, 11) is 0.00849. The van der Waals surface area contributed by atoms with E-state index < -0.39 is 0 Å². The molecule has 0 unspecified atom stereocenters. The summed E-state index contributed by atoms with van der Waals surface area (Å²) < 4.78 is 5.21. The Labute approximate surface area is 79.4 Å². The van der Waals surface area contributed by atoms with Gasteiger partial charge < -0.3 is 16.7 Å². The van der Waals surface area contributed by atoms with E-state index in [-0.39, 0.29) is 22.1 Å². The fourth-order valence-electron chi connectivity index (χ4n) is 0.687. The van der Waals surface area contributed by atoms with Crippen molar-refractivity contribution in [3.63, 3.8) is 0 Å². The Morgan fingerprint density at radius 1 is 1.08 bits per heavy atom. The maximum atomic E-state index is 5.21. The van der Waals surface area contributed by atoms with Gasteiger partial charge in [-0.3, -0.25) is 0 Å². The van der Waals surface area contributed by atoms with Crippen LogP contribution in [0.25, 0.3) is 0 Å². The van der Waals surface area contributed by atoms with E-state index in [1.54, 1.807) is 0 Å². The zero-order chi connectivity index (χ0) is 7.66. The lowest BCUT2D eigenvalue weighted by Gasteiger charge is -2.07. The molecule has 0 aliphatic carbocycles. The lowest BCUT2D eigenvalue weighted by Crippen LogP contribution is -2.06. The zero-order valence-corrected chi connectivity index (χ0v) is 10.2. The number of hydrogen-bond donors (Lipinski definition) is 2. The van der Waals surface area contributed by atoms with E-state index in [0.717, 1.165) is 6.61 Å². The van der Waals surface area contributed by atoms with Crippen LogP contribution < -0.4 is 12.3 Å². The van der Waals surface area contributed by atoms with Gasteiger partial charge in [0.05, 0.1) is 0 Å². The minimum absolute atomic E-state index is 0. The number of hydrogen-bond acceptors (Lipinski definition) is 3. The van der Waals surface area contributed by atoms with E-state index in [1.165, 1.54) is 31.7 Å². The Morgan fingerprint density at radius 2 is 1.67 bits per heavy atom. The summed E-state index contributed by atoms with van der Waals surface area (Å²) in [5, 5.41) is 0. The molecule has 0 aromatic carbocycles. The van der Waals surface area contributed by atoms with Crippen LogP contribution in [0.2, 0.25) is 6.04 Å². The summed E-state index contributed by atoms with van der Waals surface area (Å²) in [5.41, 5.74) is 0. The molecule has 1 aliphatic heterocycles.